The monoisotopic (exact) mass is 405 g/mol. The highest BCUT2D eigenvalue weighted by molar-refractivity contribution is 5.91. The lowest BCUT2D eigenvalue weighted by molar-refractivity contribution is 0.00668. The van der Waals surface area contributed by atoms with Crippen molar-refractivity contribution in [1.29, 1.82) is 0 Å². The summed E-state index contributed by atoms with van der Waals surface area (Å²) in [6.45, 7) is 5.52. The zero-order chi connectivity index (χ0) is 19.6. The molecule has 2 aromatic rings. The van der Waals surface area contributed by atoms with Crippen LogP contribution in [0.3, 0.4) is 0 Å². The van der Waals surface area contributed by atoms with Gasteiger partial charge in [0.25, 0.3) is 0 Å². The largest absolute Gasteiger partial charge is 0.508 e. The average Bonchev–Trinajstić information content (AvgIpc) is 2.60. The lowest BCUT2D eigenvalue weighted by atomic mass is 9.82. The van der Waals surface area contributed by atoms with Crippen LogP contribution in [0.4, 0.5) is 0 Å². The first kappa shape index (κ1) is 22.1. The fourth-order valence-electron chi connectivity index (χ4n) is 3.57. The number of carbonyl (C=O) groups is 1. The zero-order valence-corrected chi connectivity index (χ0v) is 17.2. The maximum Gasteiger partial charge on any atom is 0.340 e. The van der Waals surface area contributed by atoms with Gasteiger partial charge in [-0.15, -0.1) is 12.4 Å². The molecule has 0 radical (unpaired) electrons. The van der Waals surface area contributed by atoms with Gasteiger partial charge in [-0.2, -0.15) is 0 Å². The number of esters is 1. The number of carbonyl (C=O) groups excluding carboxylic acids is 1. The van der Waals surface area contributed by atoms with Crippen LogP contribution >= 0.6 is 12.4 Å². The summed E-state index contributed by atoms with van der Waals surface area (Å²) in [6.07, 6.45) is 4.45. The number of piperidine rings is 1. The van der Waals surface area contributed by atoms with E-state index in [0.29, 0.717) is 5.56 Å². The van der Waals surface area contributed by atoms with Gasteiger partial charge in [0.05, 0.1) is 11.7 Å². The van der Waals surface area contributed by atoms with Crippen LogP contribution in [-0.4, -0.2) is 27.8 Å². The molecule has 1 saturated heterocycles. The molecule has 2 heterocycles. The van der Waals surface area contributed by atoms with E-state index in [2.05, 4.69) is 10.3 Å². The molecule has 3 unspecified atom stereocenters. The van der Waals surface area contributed by atoms with Crippen molar-refractivity contribution in [3.05, 3.63) is 59.4 Å². The normalized spacial score (nSPS) is 22.2. The molecule has 4 N–H and O–H groups in total. The molecule has 6 nitrogen and oxygen atoms in total. The standard InChI is InChI=1S/C21H27N3O3.ClH/c1-21(2,3)27-20(26)16-12-23-11-10-13(16)14-8-9-17(24-19(14)22)15-6-4-5-7-18(15)25;/h4-7,10-12,14,17,19,24-25H,8-9,22H2,1-3H3;1H. The van der Waals surface area contributed by atoms with Crippen LogP contribution < -0.4 is 11.1 Å². The first-order chi connectivity index (χ1) is 12.8. The summed E-state index contributed by atoms with van der Waals surface area (Å²) in [6, 6.07) is 9.10. The Morgan fingerprint density at radius 3 is 2.57 bits per heavy atom. The lowest BCUT2D eigenvalue weighted by Gasteiger charge is -2.36. The van der Waals surface area contributed by atoms with Crippen molar-refractivity contribution >= 4 is 18.4 Å². The second-order valence-electron chi connectivity index (χ2n) is 7.95. The van der Waals surface area contributed by atoms with E-state index in [9.17, 15) is 9.90 Å². The van der Waals surface area contributed by atoms with Crippen LogP contribution in [0.5, 0.6) is 5.75 Å². The molecular formula is C21H28ClN3O3. The number of aromatic hydroxyl groups is 1. The first-order valence-electron chi connectivity index (χ1n) is 9.23. The van der Waals surface area contributed by atoms with Crippen LogP contribution in [0.1, 0.15) is 67.1 Å². The summed E-state index contributed by atoms with van der Waals surface area (Å²) in [4.78, 5) is 16.7. The van der Waals surface area contributed by atoms with Crippen molar-refractivity contribution in [2.45, 2.75) is 57.3 Å². The Labute approximate surface area is 171 Å². The third kappa shape index (κ3) is 5.01. The van der Waals surface area contributed by atoms with E-state index in [1.165, 1.54) is 0 Å². The van der Waals surface area contributed by atoms with E-state index in [4.69, 9.17) is 10.5 Å². The molecule has 1 aromatic heterocycles. The quantitative estimate of drug-likeness (QED) is 0.674. The van der Waals surface area contributed by atoms with Gasteiger partial charge in [-0.3, -0.25) is 10.3 Å². The number of nitrogens with zero attached hydrogens (tertiary/aromatic N) is 1. The zero-order valence-electron chi connectivity index (χ0n) is 16.4. The van der Waals surface area contributed by atoms with E-state index in [1.54, 1.807) is 24.5 Å². The van der Waals surface area contributed by atoms with E-state index >= 15 is 0 Å². The van der Waals surface area contributed by atoms with Gasteiger partial charge in [0.1, 0.15) is 11.4 Å². The number of rotatable bonds is 3. The number of nitrogens with one attached hydrogen (secondary N) is 1. The minimum absolute atomic E-state index is 0. The molecule has 1 aliphatic rings. The van der Waals surface area contributed by atoms with Crippen LogP contribution in [0.15, 0.2) is 42.7 Å². The summed E-state index contributed by atoms with van der Waals surface area (Å²) in [5.74, 6) is -0.169. The lowest BCUT2D eigenvalue weighted by Crippen LogP contribution is -2.48. The summed E-state index contributed by atoms with van der Waals surface area (Å²) < 4.78 is 5.52. The molecule has 0 bridgehead atoms. The molecule has 7 heteroatoms. The highest BCUT2D eigenvalue weighted by Gasteiger charge is 2.33. The fourth-order valence-corrected chi connectivity index (χ4v) is 3.57. The molecule has 0 aliphatic carbocycles. The summed E-state index contributed by atoms with van der Waals surface area (Å²) >= 11 is 0. The number of para-hydroxylation sites is 1. The smallest absolute Gasteiger partial charge is 0.340 e. The average molecular weight is 406 g/mol. The van der Waals surface area contributed by atoms with Gasteiger partial charge < -0.3 is 15.6 Å². The highest BCUT2D eigenvalue weighted by Crippen LogP contribution is 2.37. The molecule has 0 amide bonds. The molecule has 0 spiro atoms. The predicted octanol–water partition coefficient (Wildman–Crippen LogP) is 3.66. The summed E-state index contributed by atoms with van der Waals surface area (Å²) in [5.41, 5.74) is 7.98. The number of pyridine rings is 1. The van der Waals surface area contributed by atoms with E-state index in [1.807, 2.05) is 39.0 Å². The number of ether oxygens (including phenoxy) is 1. The molecule has 152 valence electrons. The second-order valence-corrected chi connectivity index (χ2v) is 7.95. The number of phenolic OH excluding ortho intramolecular Hbond substituents is 1. The van der Waals surface area contributed by atoms with Gasteiger partial charge >= 0.3 is 5.97 Å². The molecule has 3 atom stereocenters. The topological polar surface area (TPSA) is 97.5 Å². The van der Waals surface area contributed by atoms with Gasteiger partial charge in [-0.1, -0.05) is 18.2 Å². The Hall–Kier alpha value is -2.15. The maximum absolute atomic E-state index is 12.6. The van der Waals surface area contributed by atoms with Gasteiger partial charge in [0, 0.05) is 29.9 Å². The number of phenols is 1. The van der Waals surface area contributed by atoms with Gasteiger partial charge in [-0.05, 0) is 51.3 Å². The first-order valence-corrected chi connectivity index (χ1v) is 9.23. The second kappa shape index (κ2) is 8.90. The Bertz CT molecular complexity index is 823. The SMILES string of the molecule is CC(C)(C)OC(=O)c1cnccc1C1CCC(c2ccccc2O)NC1N.Cl. The summed E-state index contributed by atoms with van der Waals surface area (Å²) in [7, 11) is 0. The Morgan fingerprint density at radius 2 is 1.93 bits per heavy atom. The number of aromatic nitrogens is 1. The van der Waals surface area contributed by atoms with Crippen molar-refractivity contribution in [2.24, 2.45) is 5.73 Å². The third-order valence-electron chi connectivity index (χ3n) is 4.78. The molecule has 1 fully saturated rings. The molecule has 3 rings (SSSR count). The van der Waals surface area contributed by atoms with Crippen LogP contribution in [-0.2, 0) is 4.74 Å². The molecular weight excluding hydrogens is 378 g/mol. The van der Waals surface area contributed by atoms with Crippen LogP contribution in [0, 0.1) is 0 Å². The van der Waals surface area contributed by atoms with Gasteiger partial charge in [0.15, 0.2) is 0 Å². The van der Waals surface area contributed by atoms with Crippen LogP contribution in [0.2, 0.25) is 0 Å². The van der Waals surface area contributed by atoms with Crippen molar-refractivity contribution in [2.75, 3.05) is 0 Å². The minimum Gasteiger partial charge on any atom is -0.508 e. The van der Waals surface area contributed by atoms with E-state index in [-0.39, 0.29) is 42.3 Å². The Morgan fingerprint density at radius 1 is 1.21 bits per heavy atom. The van der Waals surface area contributed by atoms with Gasteiger partial charge in [0.2, 0.25) is 0 Å². The Balaban J connectivity index is 0.00000280. The fraction of sp³-hybridized carbons (Fsp3) is 0.429. The number of hydrogen-bond donors (Lipinski definition) is 3. The molecule has 1 aliphatic heterocycles. The Kier molecular flexibility index (Phi) is 7.04. The molecule has 28 heavy (non-hydrogen) atoms. The van der Waals surface area contributed by atoms with Gasteiger partial charge in [-0.25, -0.2) is 4.79 Å². The predicted molar refractivity (Wildman–Crippen MR) is 111 cm³/mol. The highest BCUT2D eigenvalue weighted by atomic mass is 35.5. The number of hydrogen-bond acceptors (Lipinski definition) is 6. The third-order valence-corrected chi connectivity index (χ3v) is 4.78. The number of halogens is 1. The maximum atomic E-state index is 12.6. The number of nitrogens with two attached hydrogens (primary N) is 1. The van der Waals surface area contributed by atoms with Crippen molar-refractivity contribution < 1.29 is 14.6 Å². The minimum atomic E-state index is -0.576. The van der Waals surface area contributed by atoms with Crippen LogP contribution in [0.25, 0.3) is 0 Å². The van der Waals surface area contributed by atoms with Crippen molar-refractivity contribution in [1.82, 2.24) is 10.3 Å². The summed E-state index contributed by atoms with van der Waals surface area (Å²) in [5, 5.41) is 13.5. The molecule has 1 aromatic carbocycles. The molecule has 0 saturated carbocycles. The van der Waals surface area contributed by atoms with E-state index in [0.717, 1.165) is 24.0 Å². The number of benzene rings is 1. The van der Waals surface area contributed by atoms with Crippen molar-refractivity contribution in [3.8, 4) is 5.75 Å². The van der Waals surface area contributed by atoms with Crippen molar-refractivity contribution in [3.63, 3.8) is 0 Å². The van der Waals surface area contributed by atoms with E-state index < -0.39 is 5.60 Å².